The van der Waals surface area contributed by atoms with Gasteiger partial charge in [0, 0.05) is 34.7 Å². The van der Waals surface area contributed by atoms with Crippen LogP contribution in [0, 0.1) is 0 Å². The molecule has 1 aliphatic heterocycles. The average Bonchev–Trinajstić information content (AvgIpc) is 2.78. The fourth-order valence-electron chi connectivity index (χ4n) is 2.81. The van der Waals surface area contributed by atoms with E-state index in [2.05, 4.69) is 20.6 Å². The van der Waals surface area contributed by atoms with Gasteiger partial charge in [-0.25, -0.2) is 4.99 Å². The fourth-order valence-corrected chi connectivity index (χ4v) is 2.94. The summed E-state index contributed by atoms with van der Waals surface area (Å²) < 4.78 is 11.2. The molecule has 0 spiro atoms. The molecule has 7 nitrogen and oxygen atoms in total. The molecule has 2 N–H and O–H groups in total. The molecule has 0 unspecified atom stereocenters. The maximum absolute atomic E-state index is 12.7. The first-order chi connectivity index (χ1) is 14.7. The normalized spacial score (nSPS) is 12.9. The van der Waals surface area contributed by atoms with Crippen molar-refractivity contribution in [2.75, 3.05) is 18.5 Å². The van der Waals surface area contributed by atoms with E-state index in [-0.39, 0.29) is 5.91 Å². The zero-order valence-electron chi connectivity index (χ0n) is 16.0. The molecule has 0 fully saturated rings. The Morgan fingerprint density at radius 3 is 2.63 bits per heavy atom. The highest BCUT2D eigenvalue weighted by atomic mass is 35.5. The average molecular weight is 423 g/mol. The maximum Gasteiger partial charge on any atom is 0.257 e. The molecule has 0 saturated carbocycles. The molecule has 0 atom stereocenters. The van der Waals surface area contributed by atoms with Gasteiger partial charge in [-0.3, -0.25) is 15.1 Å². The van der Waals surface area contributed by atoms with Gasteiger partial charge in [-0.2, -0.15) is 0 Å². The summed E-state index contributed by atoms with van der Waals surface area (Å²) in [4.78, 5) is 21.3. The number of aromatic nitrogens is 1. The number of pyridine rings is 1. The number of guanidine groups is 1. The minimum atomic E-state index is -0.304. The largest absolute Gasteiger partial charge is 0.486 e. The molecule has 2 heterocycles. The number of benzene rings is 2. The summed E-state index contributed by atoms with van der Waals surface area (Å²) in [5.41, 5.74) is 2.10. The van der Waals surface area contributed by atoms with Crippen molar-refractivity contribution in [2.24, 2.45) is 4.99 Å². The monoisotopic (exact) mass is 422 g/mol. The topological polar surface area (TPSA) is 84.8 Å². The molecule has 0 saturated heterocycles. The third kappa shape index (κ3) is 5.07. The van der Waals surface area contributed by atoms with Gasteiger partial charge in [0.25, 0.3) is 5.91 Å². The number of carbonyl (C=O) groups is 1. The number of ether oxygens (including phenoxy) is 2. The van der Waals surface area contributed by atoms with Crippen molar-refractivity contribution in [3.05, 3.63) is 83.1 Å². The van der Waals surface area contributed by atoms with Crippen molar-refractivity contribution < 1.29 is 14.3 Å². The fraction of sp³-hybridized carbons (Fsp3) is 0.136. The second-order valence-corrected chi connectivity index (χ2v) is 6.91. The van der Waals surface area contributed by atoms with Crippen LogP contribution in [0.15, 0.2) is 72.0 Å². The Bertz CT molecular complexity index is 1060. The number of nitrogens with zero attached hydrogens (tertiary/aromatic N) is 2. The highest BCUT2D eigenvalue weighted by Gasteiger charge is 2.14. The molecule has 4 rings (SSSR count). The number of nitrogens with one attached hydrogen (secondary N) is 2. The Balaban J connectivity index is 1.55. The standard InChI is InChI=1S/C22H19ClN4O3/c23-17-5-3-16(4-6-17)21(28)27-22(25-14-15-2-1-9-24-13-15)26-18-7-8-19-20(12-18)30-11-10-29-19/h1-9,12-13H,10-11,14H2,(H2,25,26,27,28). The highest BCUT2D eigenvalue weighted by molar-refractivity contribution is 6.30. The lowest BCUT2D eigenvalue weighted by molar-refractivity contribution is 0.0977. The second-order valence-electron chi connectivity index (χ2n) is 6.47. The van der Waals surface area contributed by atoms with E-state index in [4.69, 9.17) is 21.1 Å². The van der Waals surface area contributed by atoms with Crippen LogP contribution in [0.25, 0.3) is 0 Å². The summed E-state index contributed by atoms with van der Waals surface area (Å²) in [5.74, 6) is 1.32. The molecule has 1 aromatic heterocycles. The van der Waals surface area contributed by atoms with Crippen LogP contribution >= 0.6 is 11.6 Å². The van der Waals surface area contributed by atoms with Crippen molar-refractivity contribution in [2.45, 2.75) is 6.54 Å². The van der Waals surface area contributed by atoms with Crippen LogP contribution in [0.1, 0.15) is 15.9 Å². The van der Waals surface area contributed by atoms with Crippen LogP contribution < -0.4 is 20.1 Å². The van der Waals surface area contributed by atoms with Crippen LogP contribution in [0.3, 0.4) is 0 Å². The number of rotatable bonds is 4. The zero-order chi connectivity index (χ0) is 20.8. The predicted molar refractivity (Wildman–Crippen MR) is 115 cm³/mol. The molecule has 0 aliphatic carbocycles. The van der Waals surface area contributed by atoms with E-state index >= 15 is 0 Å². The lowest BCUT2D eigenvalue weighted by atomic mass is 10.2. The van der Waals surface area contributed by atoms with Crippen LogP contribution in [-0.4, -0.2) is 30.1 Å². The quantitative estimate of drug-likeness (QED) is 0.492. The van der Waals surface area contributed by atoms with Crippen LogP contribution in [-0.2, 0) is 6.54 Å². The Morgan fingerprint density at radius 1 is 1.07 bits per heavy atom. The number of halogens is 1. The van der Waals surface area contributed by atoms with Gasteiger partial charge in [-0.05, 0) is 48.0 Å². The van der Waals surface area contributed by atoms with Gasteiger partial charge in [-0.1, -0.05) is 17.7 Å². The van der Waals surface area contributed by atoms with Gasteiger partial charge in [0.2, 0.25) is 5.96 Å². The van der Waals surface area contributed by atoms with E-state index in [1.165, 1.54) is 0 Å². The van der Waals surface area contributed by atoms with Gasteiger partial charge in [-0.15, -0.1) is 0 Å². The first-order valence-corrected chi connectivity index (χ1v) is 9.72. The van der Waals surface area contributed by atoms with Crippen molar-refractivity contribution >= 4 is 29.2 Å². The summed E-state index contributed by atoms with van der Waals surface area (Å²) in [6, 6.07) is 15.8. The number of fused-ring (bicyclic) bond motifs is 1. The molecule has 2 aromatic carbocycles. The summed E-state index contributed by atoms with van der Waals surface area (Å²) in [6.07, 6.45) is 3.43. The van der Waals surface area contributed by atoms with Crippen LogP contribution in [0.4, 0.5) is 5.69 Å². The minimum absolute atomic E-state index is 0.301. The SMILES string of the molecule is O=C(NC(=NCc1cccnc1)Nc1ccc2c(c1)OCCO2)c1ccc(Cl)cc1. The van der Waals surface area contributed by atoms with Crippen LogP contribution in [0.2, 0.25) is 5.02 Å². The van der Waals surface area contributed by atoms with E-state index in [0.29, 0.717) is 53.5 Å². The summed E-state index contributed by atoms with van der Waals surface area (Å²) in [6.45, 7) is 1.36. The van der Waals surface area contributed by atoms with Crippen molar-refractivity contribution in [1.29, 1.82) is 0 Å². The van der Waals surface area contributed by atoms with E-state index in [1.807, 2.05) is 30.3 Å². The third-order valence-corrected chi connectivity index (χ3v) is 4.54. The maximum atomic E-state index is 12.7. The predicted octanol–water partition coefficient (Wildman–Crippen LogP) is 3.90. The minimum Gasteiger partial charge on any atom is -0.486 e. The molecule has 152 valence electrons. The molecule has 0 radical (unpaired) electrons. The molecule has 8 heteroatoms. The second kappa shape index (κ2) is 9.28. The van der Waals surface area contributed by atoms with E-state index in [1.54, 1.807) is 36.7 Å². The summed E-state index contributed by atoms with van der Waals surface area (Å²) in [5, 5.41) is 6.52. The number of carbonyl (C=O) groups excluding carboxylic acids is 1. The van der Waals surface area contributed by atoms with Gasteiger partial charge in [0.05, 0.1) is 6.54 Å². The molecular weight excluding hydrogens is 404 g/mol. The Hall–Kier alpha value is -3.58. The lowest BCUT2D eigenvalue weighted by Gasteiger charge is -2.19. The number of anilines is 1. The van der Waals surface area contributed by atoms with Gasteiger partial charge in [0.15, 0.2) is 11.5 Å². The molecule has 1 amide bonds. The first kappa shape index (κ1) is 19.7. The Kier molecular flexibility index (Phi) is 6.10. The van der Waals surface area contributed by atoms with Crippen molar-refractivity contribution in [3.8, 4) is 11.5 Å². The zero-order valence-corrected chi connectivity index (χ0v) is 16.7. The van der Waals surface area contributed by atoms with Crippen LogP contribution in [0.5, 0.6) is 11.5 Å². The molecule has 3 aromatic rings. The van der Waals surface area contributed by atoms with Crippen molar-refractivity contribution in [1.82, 2.24) is 10.3 Å². The number of amides is 1. The smallest absolute Gasteiger partial charge is 0.257 e. The van der Waals surface area contributed by atoms with E-state index in [0.717, 1.165) is 5.56 Å². The molecule has 30 heavy (non-hydrogen) atoms. The number of aliphatic imine (C=N–C) groups is 1. The Morgan fingerprint density at radius 2 is 1.87 bits per heavy atom. The third-order valence-electron chi connectivity index (χ3n) is 4.29. The number of hydrogen-bond donors (Lipinski definition) is 2. The molecule has 0 bridgehead atoms. The van der Waals surface area contributed by atoms with Gasteiger partial charge in [0.1, 0.15) is 13.2 Å². The first-order valence-electron chi connectivity index (χ1n) is 9.34. The summed E-state index contributed by atoms with van der Waals surface area (Å²) in [7, 11) is 0. The van der Waals surface area contributed by atoms with E-state index < -0.39 is 0 Å². The van der Waals surface area contributed by atoms with Crippen molar-refractivity contribution in [3.63, 3.8) is 0 Å². The number of hydrogen-bond acceptors (Lipinski definition) is 5. The van der Waals surface area contributed by atoms with E-state index in [9.17, 15) is 4.79 Å². The lowest BCUT2D eigenvalue weighted by Crippen LogP contribution is -2.36. The van der Waals surface area contributed by atoms with Gasteiger partial charge >= 0.3 is 0 Å². The highest BCUT2D eigenvalue weighted by Crippen LogP contribution is 2.32. The molecule has 1 aliphatic rings. The Labute approximate surface area is 178 Å². The van der Waals surface area contributed by atoms with Gasteiger partial charge < -0.3 is 14.8 Å². The molecular formula is C22H19ClN4O3. The summed E-state index contributed by atoms with van der Waals surface area (Å²) >= 11 is 5.91.